The summed E-state index contributed by atoms with van der Waals surface area (Å²) in [6.07, 6.45) is 0.868. The molecule has 0 aliphatic carbocycles. The second-order valence-electron chi connectivity index (χ2n) is 4.37. The largest absolute Gasteiger partial charge is 0.448 e. The lowest BCUT2D eigenvalue weighted by Gasteiger charge is -2.11. The molecule has 0 spiro atoms. The van der Waals surface area contributed by atoms with E-state index in [0.29, 0.717) is 23.0 Å². The highest BCUT2D eigenvalue weighted by Gasteiger charge is 2.21. The molecule has 2 rings (SSSR count). The Balaban J connectivity index is 2.39. The number of ether oxygens (including phenoxy) is 1. The normalized spacial score (nSPS) is 10.2. The summed E-state index contributed by atoms with van der Waals surface area (Å²) in [6, 6.07) is 11.8. The third-order valence-corrected chi connectivity index (χ3v) is 3.12. The fraction of sp³-hybridized carbons (Fsp3) is 0.200. The molecule has 0 heterocycles. The van der Waals surface area contributed by atoms with Crippen LogP contribution in [0.5, 0.6) is 11.5 Å². The number of hydrogen-bond donors (Lipinski definition) is 1. The fourth-order valence-corrected chi connectivity index (χ4v) is 2.02. The van der Waals surface area contributed by atoms with Gasteiger partial charge in [-0.2, -0.15) is 0 Å². The Kier molecular flexibility index (Phi) is 5.00. The Morgan fingerprint density at radius 1 is 1.19 bits per heavy atom. The van der Waals surface area contributed by atoms with Crippen LogP contribution in [0.3, 0.4) is 0 Å². The van der Waals surface area contributed by atoms with E-state index in [1.807, 2.05) is 6.92 Å². The number of hydrogen-bond acceptors (Lipinski definition) is 4. The van der Waals surface area contributed by atoms with E-state index in [1.54, 1.807) is 42.5 Å². The smallest absolute Gasteiger partial charge is 0.334 e. The summed E-state index contributed by atoms with van der Waals surface area (Å²) in [5, 5.41) is 14.8. The van der Waals surface area contributed by atoms with Crippen LogP contribution < -0.4 is 10.1 Å². The van der Waals surface area contributed by atoms with E-state index in [-0.39, 0.29) is 11.4 Å². The van der Waals surface area contributed by atoms with Crippen LogP contribution in [0.25, 0.3) is 0 Å². The van der Waals surface area contributed by atoms with Gasteiger partial charge in [-0.25, -0.2) is 0 Å². The van der Waals surface area contributed by atoms with Gasteiger partial charge in [0.25, 0.3) is 0 Å². The molecule has 2 aromatic rings. The summed E-state index contributed by atoms with van der Waals surface area (Å²) >= 11 is 6.02. The molecule has 0 bridgehead atoms. The van der Waals surface area contributed by atoms with Gasteiger partial charge in [-0.3, -0.25) is 10.1 Å². The number of anilines is 1. The molecule has 0 radical (unpaired) electrons. The van der Waals surface area contributed by atoms with Gasteiger partial charge in [0.05, 0.1) is 9.95 Å². The zero-order chi connectivity index (χ0) is 15.2. The minimum Gasteiger partial charge on any atom is -0.448 e. The van der Waals surface area contributed by atoms with Crippen molar-refractivity contribution < 1.29 is 9.66 Å². The van der Waals surface area contributed by atoms with Gasteiger partial charge in [-0.1, -0.05) is 36.7 Å². The summed E-state index contributed by atoms with van der Waals surface area (Å²) in [7, 11) is 0. The number of nitro groups is 1. The monoisotopic (exact) mass is 306 g/mol. The SMILES string of the molecule is CCCNc1cccc(Oc2ccccc2Cl)c1[N+](=O)[O-]. The predicted molar refractivity (Wildman–Crippen MR) is 83.4 cm³/mol. The Bertz CT molecular complexity index is 647. The lowest BCUT2D eigenvalue weighted by atomic mass is 10.2. The first kappa shape index (κ1) is 15.1. The predicted octanol–water partition coefficient (Wildman–Crippen LogP) is 4.86. The van der Waals surface area contributed by atoms with Crippen LogP contribution in [0.2, 0.25) is 5.02 Å². The van der Waals surface area contributed by atoms with Crippen molar-refractivity contribution in [2.45, 2.75) is 13.3 Å². The van der Waals surface area contributed by atoms with E-state index in [9.17, 15) is 10.1 Å². The van der Waals surface area contributed by atoms with Crippen LogP contribution in [-0.4, -0.2) is 11.5 Å². The topological polar surface area (TPSA) is 64.4 Å². The molecule has 5 nitrogen and oxygen atoms in total. The van der Waals surface area contributed by atoms with E-state index in [0.717, 1.165) is 6.42 Å². The average Bonchev–Trinajstić information content (AvgIpc) is 2.47. The van der Waals surface area contributed by atoms with Gasteiger partial charge in [-0.05, 0) is 30.7 Å². The molecule has 0 aliphatic heterocycles. The van der Waals surface area contributed by atoms with Crippen molar-refractivity contribution in [2.24, 2.45) is 0 Å². The number of nitro benzene ring substituents is 1. The Morgan fingerprint density at radius 3 is 2.57 bits per heavy atom. The highest BCUT2D eigenvalue weighted by atomic mass is 35.5. The fourth-order valence-electron chi connectivity index (χ4n) is 1.84. The van der Waals surface area contributed by atoms with Crippen LogP contribution >= 0.6 is 11.6 Å². The first-order chi connectivity index (χ1) is 10.1. The molecule has 0 atom stereocenters. The second kappa shape index (κ2) is 6.95. The van der Waals surface area contributed by atoms with Crippen molar-refractivity contribution >= 4 is 23.0 Å². The van der Waals surface area contributed by atoms with Gasteiger partial charge < -0.3 is 10.1 Å². The highest BCUT2D eigenvalue weighted by molar-refractivity contribution is 6.32. The molecular formula is C15H15ClN2O3. The van der Waals surface area contributed by atoms with Gasteiger partial charge >= 0.3 is 5.69 Å². The van der Waals surface area contributed by atoms with Crippen molar-refractivity contribution in [3.05, 3.63) is 57.6 Å². The van der Waals surface area contributed by atoms with E-state index in [4.69, 9.17) is 16.3 Å². The molecule has 1 N–H and O–H groups in total. The summed E-state index contributed by atoms with van der Waals surface area (Å²) in [6.45, 7) is 2.64. The Hall–Kier alpha value is -2.27. The maximum atomic E-state index is 11.3. The number of nitrogens with one attached hydrogen (secondary N) is 1. The van der Waals surface area contributed by atoms with Crippen LogP contribution in [0.4, 0.5) is 11.4 Å². The number of para-hydroxylation sites is 2. The van der Waals surface area contributed by atoms with Gasteiger partial charge in [-0.15, -0.1) is 0 Å². The molecule has 6 heteroatoms. The number of benzene rings is 2. The third kappa shape index (κ3) is 3.64. The number of rotatable bonds is 6. The Morgan fingerprint density at radius 2 is 1.90 bits per heavy atom. The third-order valence-electron chi connectivity index (χ3n) is 2.80. The zero-order valence-corrected chi connectivity index (χ0v) is 12.3. The van der Waals surface area contributed by atoms with Crippen molar-refractivity contribution in [3.8, 4) is 11.5 Å². The standard InChI is InChI=1S/C15H15ClN2O3/c1-2-10-17-12-7-5-9-14(15(12)18(19)20)21-13-8-4-3-6-11(13)16/h3-9,17H,2,10H2,1H3. The van der Waals surface area contributed by atoms with Crippen molar-refractivity contribution in [1.82, 2.24) is 0 Å². The van der Waals surface area contributed by atoms with Gasteiger partial charge in [0.2, 0.25) is 5.75 Å². The lowest BCUT2D eigenvalue weighted by Crippen LogP contribution is -2.04. The van der Waals surface area contributed by atoms with E-state index in [2.05, 4.69) is 5.32 Å². The molecule has 0 saturated heterocycles. The van der Waals surface area contributed by atoms with Gasteiger partial charge in [0.15, 0.2) is 0 Å². The molecule has 0 fully saturated rings. The molecule has 0 aromatic heterocycles. The molecule has 0 amide bonds. The molecule has 110 valence electrons. The van der Waals surface area contributed by atoms with E-state index < -0.39 is 4.92 Å². The first-order valence-electron chi connectivity index (χ1n) is 6.57. The van der Waals surface area contributed by atoms with Gasteiger partial charge in [0.1, 0.15) is 11.4 Å². The second-order valence-corrected chi connectivity index (χ2v) is 4.78. The van der Waals surface area contributed by atoms with Crippen LogP contribution in [0.1, 0.15) is 13.3 Å². The number of halogens is 1. The molecule has 0 saturated carbocycles. The minimum absolute atomic E-state index is 0.0918. The molecule has 0 unspecified atom stereocenters. The minimum atomic E-state index is -0.454. The first-order valence-corrected chi connectivity index (χ1v) is 6.95. The van der Waals surface area contributed by atoms with Crippen molar-refractivity contribution in [2.75, 3.05) is 11.9 Å². The van der Waals surface area contributed by atoms with Gasteiger partial charge in [0, 0.05) is 6.54 Å². The summed E-state index contributed by atoms with van der Waals surface area (Å²) in [4.78, 5) is 10.9. The summed E-state index contributed by atoms with van der Waals surface area (Å²) in [5.74, 6) is 0.545. The molecular weight excluding hydrogens is 292 g/mol. The van der Waals surface area contributed by atoms with E-state index in [1.165, 1.54) is 0 Å². The molecule has 2 aromatic carbocycles. The molecule has 0 aliphatic rings. The van der Waals surface area contributed by atoms with E-state index >= 15 is 0 Å². The quantitative estimate of drug-likeness (QED) is 0.611. The summed E-state index contributed by atoms with van der Waals surface area (Å²) in [5.41, 5.74) is 0.345. The van der Waals surface area contributed by atoms with Crippen LogP contribution in [0, 0.1) is 10.1 Å². The number of nitrogens with zero attached hydrogens (tertiary/aromatic N) is 1. The highest BCUT2D eigenvalue weighted by Crippen LogP contribution is 2.39. The maximum Gasteiger partial charge on any atom is 0.334 e. The lowest BCUT2D eigenvalue weighted by molar-refractivity contribution is -0.384. The Labute approximate surface area is 127 Å². The van der Waals surface area contributed by atoms with Crippen molar-refractivity contribution in [3.63, 3.8) is 0 Å². The van der Waals surface area contributed by atoms with Crippen LogP contribution in [-0.2, 0) is 0 Å². The zero-order valence-electron chi connectivity index (χ0n) is 11.5. The maximum absolute atomic E-state index is 11.3. The average molecular weight is 307 g/mol. The summed E-state index contributed by atoms with van der Waals surface area (Å²) < 4.78 is 5.61. The van der Waals surface area contributed by atoms with Crippen LogP contribution in [0.15, 0.2) is 42.5 Å². The molecule has 21 heavy (non-hydrogen) atoms. The van der Waals surface area contributed by atoms with Crippen molar-refractivity contribution in [1.29, 1.82) is 0 Å².